The van der Waals surface area contributed by atoms with E-state index in [1.807, 2.05) is 31.1 Å². The lowest BCUT2D eigenvalue weighted by molar-refractivity contribution is 0.466. The second kappa shape index (κ2) is 7.79. The second-order valence-corrected chi connectivity index (χ2v) is 7.25. The van der Waals surface area contributed by atoms with Gasteiger partial charge in [0.1, 0.15) is 0 Å². The summed E-state index contributed by atoms with van der Waals surface area (Å²) in [6, 6.07) is 0.298. The van der Waals surface area contributed by atoms with Gasteiger partial charge in [-0.2, -0.15) is 0 Å². The summed E-state index contributed by atoms with van der Waals surface area (Å²) in [6.07, 6.45) is 11.6. The number of rotatable bonds is 6. The fourth-order valence-corrected chi connectivity index (χ4v) is 4.18. The van der Waals surface area contributed by atoms with Gasteiger partial charge in [-0.15, -0.1) is 11.8 Å². The molecule has 0 saturated heterocycles. The molecule has 0 radical (unpaired) electrons. The van der Waals surface area contributed by atoms with E-state index in [1.54, 1.807) is 0 Å². The van der Waals surface area contributed by atoms with Gasteiger partial charge in [-0.05, 0) is 38.0 Å². The lowest BCUT2D eigenvalue weighted by Crippen LogP contribution is -2.22. The molecule has 3 heteroatoms. The fourth-order valence-electron chi connectivity index (χ4n) is 2.68. The smallest absolute Gasteiger partial charge is 0.0930 e. The van der Waals surface area contributed by atoms with Gasteiger partial charge in [-0.3, -0.25) is 9.98 Å². The van der Waals surface area contributed by atoms with Crippen molar-refractivity contribution in [3.05, 3.63) is 34.9 Å². The molecule has 21 heavy (non-hydrogen) atoms. The minimum Gasteiger partial charge on any atom is -0.282 e. The minimum absolute atomic E-state index is 0.298. The predicted molar refractivity (Wildman–Crippen MR) is 96.4 cm³/mol. The first-order valence-corrected chi connectivity index (χ1v) is 8.84. The normalized spacial score (nSPS) is 26.2. The number of thioether (sulfide) groups is 1. The summed E-state index contributed by atoms with van der Waals surface area (Å²) in [5, 5.41) is 0. The van der Waals surface area contributed by atoms with Gasteiger partial charge < -0.3 is 0 Å². The Morgan fingerprint density at radius 3 is 3.05 bits per heavy atom. The number of allylic oxidation sites excluding steroid dienone is 4. The molecule has 0 amide bonds. The van der Waals surface area contributed by atoms with E-state index in [1.165, 1.54) is 17.0 Å². The van der Waals surface area contributed by atoms with Gasteiger partial charge in [0.2, 0.25) is 0 Å². The van der Waals surface area contributed by atoms with E-state index in [9.17, 15) is 0 Å². The zero-order chi connectivity index (χ0) is 15.2. The maximum atomic E-state index is 4.60. The van der Waals surface area contributed by atoms with Crippen LogP contribution >= 0.6 is 11.8 Å². The first kappa shape index (κ1) is 16.3. The van der Waals surface area contributed by atoms with Crippen molar-refractivity contribution in [1.82, 2.24) is 0 Å². The summed E-state index contributed by atoms with van der Waals surface area (Å²) < 4.78 is 0. The molecule has 0 N–H and O–H groups in total. The van der Waals surface area contributed by atoms with Gasteiger partial charge >= 0.3 is 0 Å². The number of hydrogen-bond donors (Lipinski definition) is 0. The third kappa shape index (κ3) is 4.70. The third-order valence-electron chi connectivity index (χ3n) is 3.96. The Balaban J connectivity index is 2.03. The molecule has 0 fully saturated rings. The van der Waals surface area contributed by atoms with Crippen molar-refractivity contribution in [2.75, 3.05) is 5.75 Å². The molecule has 2 aliphatic rings. The quantitative estimate of drug-likeness (QED) is 0.631. The van der Waals surface area contributed by atoms with Crippen LogP contribution in [0, 0.1) is 11.8 Å². The summed E-state index contributed by atoms with van der Waals surface area (Å²) in [4.78, 5) is 10.6. The molecule has 2 nitrogen and oxygen atoms in total. The summed E-state index contributed by atoms with van der Waals surface area (Å²) in [6.45, 7) is 10.6. The van der Waals surface area contributed by atoms with E-state index in [0.29, 0.717) is 17.9 Å². The van der Waals surface area contributed by atoms with E-state index >= 15 is 0 Å². The average molecular weight is 302 g/mol. The standard InChI is InChI=1S/C18H26N2S/c1-5-15(7-6-13(2)3)12-21-17-11-14(4)10-16-18(17)20-9-8-19-16/h6-9,14-16H,2,5,10-12H2,1,3-4H3/b7-6-. The molecular formula is C18H26N2S. The van der Waals surface area contributed by atoms with Crippen molar-refractivity contribution in [1.29, 1.82) is 0 Å². The van der Waals surface area contributed by atoms with Gasteiger partial charge in [-0.25, -0.2) is 0 Å². The average Bonchev–Trinajstić information content (AvgIpc) is 2.46. The maximum absolute atomic E-state index is 4.60. The molecule has 2 rings (SSSR count). The lowest BCUT2D eigenvalue weighted by Gasteiger charge is -2.29. The first-order chi connectivity index (χ1) is 10.1. The van der Waals surface area contributed by atoms with Gasteiger partial charge in [0.15, 0.2) is 0 Å². The highest BCUT2D eigenvalue weighted by Crippen LogP contribution is 2.39. The molecule has 3 unspecified atom stereocenters. The molecule has 1 heterocycles. The maximum Gasteiger partial charge on any atom is 0.0930 e. The zero-order valence-electron chi connectivity index (χ0n) is 13.4. The molecule has 3 atom stereocenters. The van der Waals surface area contributed by atoms with Crippen LogP contribution in [0.25, 0.3) is 0 Å². The highest BCUT2D eigenvalue weighted by Gasteiger charge is 2.27. The van der Waals surface area contributed by atoms with Gasteiger partial charge in [0, 0.05) is 23.1 Å². The number of nitrogens with zero attached hydrogens (tertiary/aromatic N) is 2. The SMILES string of the molecule is C=C(C)/C=C\C(CC)CSC1=C2N=CC=NC2CC(C)C1. The summed E-state index contributed by atoms with van der Waals surface area (Å²) in [7, 11) is 0. The molecule has 0 aromatic heterocycles. The van der Waals surface area contributed by atoms with E-state index in [0.717, 1.165) is 24.2 Å². The Morgan fingerprint density at radius 2 is 2.33 bits per heavy atom. The van der Waals surface area contributed by atoms with Crippen LogP contribution in [-0.2, 0) is 0 Å². The first-order valence-electron chi connectivity index (χ1n) is 7.85. The van der Waals surface area contributed by atoms with Crippen molar-refractivity contribution in [3.63, 3.8) is 0 Å². The van der Waals surface area contributed by atoms with Gasteiger partial charge in [0.05, 0.1) is 11.7 Å². The van der Waals surface area contributed by atoms with Crippen LogP contribution in [0.4, 0.5) is 0 Å². The van der Waals surface area contributed by atoms with Crippen LogP contribution < -0.4 is 0 Å². The van der Waals surface area contributed by atoms with Crippen LogP contribution in [-0.4, -0.2) is 24.2 Å². The molecule has 0 bridgehead atoms. The highest BCUT2D eigenvalue weighted by atomic mass is 32.2. The predicted octanol–water partition coefficient (Wildman–Crippen LogP) is 5.04. The van der Waals surface area contributed by atoms with E-state index in [2.05, 4.69) is 42.6 Å². The van der Waals surface area contributed by atoms with Crippen molar-refractivity contribution < 1.29 is 0 Å². The zero-order valence-corrected chi connectivity index (χ0v) is 14.2. The Bertz CT molecular complexity index is 499. The monoisotopic (exact) mass is 302 g/mol. The van der Waals surface area contributed by atoms with Crippen LogP contribution in [0.5, 0.6) is 0 Å². The van der Waals surface area contributed by atoms with Crippen molar-refractivity contribution in [2.24, 2.45) is 21.8 Å². The Labute approximate surface area is 133 Å². The Morgan fingerprint density at radius 1 is 1.52 bits per heavy atom. The van der Waals surface area contributed by atoms with Crippen LogP contribution in [0.1, 0.15) is 40.0 Å². The lowest BCUT2D eigenvalue weighted by atomic mass is 9.90. The van der Waals surface area contributed by atoms with Crippen LogP contribution in [0.3, 0.4) is 0 Å². The molecule has 0 spiro atoms. The summed E-state index contributed by atoms with van der Waals surface area (Å²) in [5.74, 6) is 2.43. The second-order valence-electron chi connectivity index (χ2n) is 6.13. The largest absolute Gasteiger partial charge is 0.282 e. The Kier molecular flexibility index (Phi) is 6.04. The topological polar surface area (TPSA) is 24.7 Å². The summed E-state index contributed by atoms with van der Waals surface area (Å²) >= 11 is 1.98. The van der Waals surface area contributed by atoms with Crippen LogP contribution in [0.2, 0.25) is 0 Å². The van der Waals surface area contributed by atoms with Gasteiger partial charge in [-0.1, -0.05) is 38.2 Å². The molecule has 114 valence electrons. The van der Waals surface area contributed by atoms with E-state index in [-0.39, 0.29) is 0 Å². The fraction of sp³-hybridized carbons (Fsp3) is 0.556. The van der Waals surface area contributed by atoms with Gasteiger partial charge in [0.25, 0.3) is 0 Å². The van der Waals surface area contributed by atoms with E-state index in [4.69, 9.17) is 0 Å². The van der Waals surface area contributed by atoms with E-state index < -0.39 is 0 Å². The number of hydrogen-bond acceptors (Lipinski definition) is 3. The molecule has 0 saturated carbocycles. The molecule has 1 aliphatic heterocycles. The van der Waals surface area contributed by atoms with Crippen LogP contribution in [0.15, 0.2) is 44.9 Å². The molecular weight excluding hydrogens is 276 g/mol. The minimum atomic E-state index is 0.298. The van der Waals surface area contributed by atoms with Crippen molar-refractivity contribution >= 4 is 24.2 Å². The number of aliphatic imine (C=N–C) groups is 2. The summed E-state index contributed by atoms with van der Waals surface area (Å²) in [5.41, 5.74) is 2.34. The van der Waals surface area contributed by atoms with Crippen molar-refractivity contribution in [2.45, 2.75) is 46.1 Å². The molecule has 1 aliphatic carbocycles. The number of fused-ring (bicyclic) bond motifs is 1. The van der Waals surface area contributed by atoms with Crippen molar-refractivity contribution in [3.8, 4) is 0 Å². The molecule has 0 aromatic carbocycles. The highest BCUT2D eigenvalue weighted by molar-refractivity contribution is 8.03. The Hall–Kier alpha value is -1.09. The molecule has 0 aromatic rings. The third-order valence-corrected chi connectivity index (χ3v) is 5.28.